The van der Waals surface area contributed by atoms with Crippen molar-refractivity contribution in [3.63, 3.8) is 0 Å². The highest BCUT2D eigenvalue weighted by atomic mass is 32.2. The number of hydrogen-bond acceptors (Lipinski definition) is 7. The van der Waals surface area contributed by atoms with E-state index in [1.54, 1.807) is 26.4 Å². The molecule has 170 valence electrons. The van der Waals surface area contributed by atoms with E-state index in [1.807, 2.05) is 38.1 Å². The molecule has 4 aromatic rings. The van der Waals surface area contributed by atoms with Crippen LogP contribution in [0.15, 0.2) is 58.2 Å². The molecular weight excluding hydrogens is 438 g/mol. The first-order valence-corrected chi connectivity index (χ1v) is 11.4. The maximum absolute atomic E-state index is 13.0. The fourth-order valence-corrected chi connectivity index (χ4v) is 4.44. The van der Waals surface area contributed by atoms with Crippen LogP contribution < -0.4 is 9.47 Å². The fraction of sp³-hybridized carbons (Fsp3) is 0.240. The SMILES string of the molecule is COc1ccc(-c2nnc(SCC(=O)c3cc(C)n(-c4ccccc4C)c3C)o2)cc1OC. The molecule has 0 fully saturated rings. The van der Waals surface area contributed by atoms with Crippen molar-refractivity contribution in [2.45, 2.75) is 26.0 Å². The van der Waals surface area contributed by atoms with Gasteiger partial charge in [-0.1, -0.05) is 30.0 Å². The van der Waals surface area contributed by atoms with Gasteiger partial charge in [-0.25, -0.2) is 0 Å². The second-order valence-corrected chi connectivity index (χ2v) is 8.49. The molecule has 0 radical (unpaired) electrons. The lowest BCUT2D eigenvalue weighted by Gasteiger charge is -2.12. The van der Waals surface area contributed by atoms with Gasteiger partial charge in [-0.3, -0.25) is 4.79 Å². The number of aryl methyl sites for hydroxylation is 2. The maximum atomic E-state index is 13.0. The van der Waals surface area contributed by atoms with Crippen molar-refractivity contribution >= 4 is 17.5 Å². The zero-order valence-corrected chi connectivity index (χ0v) is 20.0. The third kappa shape index (κ3) is 4.52. The Morgan fingerprint density at radius 1 is 1.00 bits per heavy atom. The van der Waals surface area contributed by atoms with Crippen molar-refractivity contribution < 1.29 is 18.7 Å². The lowest BCUT2D eigenvalue weighted by Crippen LogP contribution is -2.06. The summed E-state index contributed by atoms with van der Waals surface area (Å²) >= 11 is 1.22. The van der Waals surface area contributed by atoms with E-state index in [2.05, 4.69) is 33.8 Å². The van der Waals surface area contributed by atoms with Gasteiger partial charge < -0.3 is 18.5 Å². The number of benzene rings is 2. The van der Waals surface area contributed by atoms with E-state index < -0.39 is 0 Å². The molecule has 0 N–H and O–H groups in total. The summed E-state index contributed by atoms with van der Waals surface area (Å²) in [5.74, 6) is 1.75. The number of para-hydroxylation sites is 1. The van der Waals surface area contributed by atoms with Crippen molar-refractivity contribution in [1.82, 2.24) is 14.8 Å². The molecule has 0 aliphatic carbocycles. The van der Waals surface area contributed by atoms with Gasteiger partial charge in [-0.05, 0) is 56.7 Å². The summed E-state index contributed by atoms with van der Waals surface area (Å²) < 4.78 is 18.5. The third-order valence-electron chi connectivity index (χ3n) is 5.45. The standard InChI is InChI=1S/C25H25N3O4S/c1-15-8-6-7-9-20(15)28-16(2)12-19(17(28)3)21(29)14-33-25-27-26-24(32-25)18-10-11-22(30-4)23(13-18)31-5/h6-13H,14H2,1-5H3. The molecule has 2 heterocycles. The van der Waals surface area contributed by atoms with Gasteiger partial charge in [0.25, 0.3) is 5.22 Å². The molecule has 0 unspecified atom stereocenters. The first kappa shape index (κ1) is 22.7. The van der Waals surface area contributed by atoms with Crippen LogP contribution in [-0.2, 0) is 0 Å². The summed E-state index contributed by atoms with van der Waals surface area (Å²) in [6.07, 6.45) is 0. The zero-order valence-electron chi connectivity index (χ0n) is 19.2. The number of methoxy groups -OCH3 is 2. The molecule has 4 rings (SSSR count). The Hall–Kier alpha value is -3.52. The van der Waals surface area contributed by atoms with Crippen LogP contribution in [0, 0.1) is 20.8 Å². The molecule has 0 aliphatic rings. The highest BCUT2D eigenvalue weighted by Gasteiger charge is 2.19. The van der Waals surface area contributed by atoms with Crippen molar-refractivity contribution in [2.75, 3.05) is 20.0 Å². The molecule has 0 atom stereocenters. The minimum atomic E-state index is 0.0128. The number of aromatic nitrogens is 3. The van der Waals surface area contributed by atoms with Crippen LogP contribution in [0.4, 0.5) is 0 Å². The molecule has 7 nitrogen and oxygen atoms in total. The highest BCUT2D eigenvalue weighted by molar-refractivity contribution is 7.99. The number of ether oxygens (including phenoxy) is 2. The topological polar surface area (TPSA) is 79.4 Å². The average Bonchev–Trinajstić information content (AvgIpc) is 3.42. The summed E-state index contributed by atoms with van der Waals surface area (Å²) in [5, 5.41) is 8.52. The predicted octanol–water partition coefficient (Wildman–Crippen LogP) is 5.44. The summed E-state index contributed by atoms with van der Waals surface area (Å²) in [5.41, 5.74) is 5.58. The summed E-state index contributed by atoms with van der Waals surface area (Å²) in [6.45, 7) is 6.05. The first-order valence-electron chi connectivity index (χ1n) is 10.4. The van der Waals surface area contributed by atoms with Crippen LogP contribution in [0.5, 0.6) is 11.5 Å². The summed E-state index contributed by atoms with van der Waals surface area (Å²) in [7, 11) is 3.15. The molecular formula is C25H25N3O4S. The van der Waals surface area contributed by atoms with E-state index in [0.717, 1.165) is 22.6 Å². The van der Waals surface area contributed by atoms with E-state index in [0.29, 0.717) is 33.7 Å². The number of Topliss-reactive ketones (excluding diaryl/α,β-unsaturated/α-hetero) is 1. The lowest BCUT2D eigenvalue weighted by molar-refractivity contribution is 0.102. The monoisotopic (exact) mass is 463 g/mol. The van der Waals surface area contributed by atoms with E-state index in [9.17, 15) is 4.79 Å². The Balaban J connectivity index is 1.49. The second-order valence-electron chi connectivity index (χ2n) is 7.56. The van der Waals surface area contributed by atoms with Gasteiger partial charge in [0, 0.05) is 28.2 Å². The number of nitrogens with zero attached hydrogens (tertiary/aromatic N) is 3. The zero-order chi connectivity index (χ0) is 23.5. The lowest BCUT2D eigenvalue weighted by atomic mass is 10.1. The van der Waals surface area contributed by atoms with E-state index >= 15 is 0 Å². The van der Waals surface area contributed by atoms with Crippen LogP contribution in [0.2, 0.25) is 0 Å². The van der Waals surface area contributed by atoms with Gasteiger partial charge in [0.2, 0.25) is 5.89 Å². The Labute approximate surface area is 196 Å². The highest BCUT2D eigenvalue weighted by Crippen LogP contribution is 2.33. The smallest absolute Gasteiger partial charge is 0.277 e. The second kappa shape index (κ2) is 9.54. The molecule has 2 aromatic carbocycles. The van der Waals surface area contributed by atoms with Crippen molar-refractivity contribution in [1.29, 1.82) is 0 Å². The summed E-state index contributed by atoms with van der Waals surface area (Å²) in [6, 6.07) is 15.4. The van der Waals surface area contributed by atoms with Gasteiger partial charge in [0.1, 0.15) is 0 Å². The predicted molar refractivity (Wildman–Crippen MR) is 128 cm³/mol. The van der Waals surface area contributed by atoms with E-state index in [1.165, 1.54) is 11.8 Å². The van der Waals surface area contributed by atoms with Crippen LogP contribution in [0.1, 0.15) is 27.3 Å². The fourth-order valence-electron chi connectivity index (χ4n) is 3.79. The largest absolute Gasteiger partial charge is 0.493 e. The molecule has 0 spiro atoms. The van der Waals surface area contributed by atoms with Gasteiger partial charge in [0.15, 0.2) is 17.3 Å². The molecule has 33 heavy (non-hydrogen) atoms. The molecule has 0 aliphatic heterocycles. The number of rotatable bonds is 8. The Morgan fingerprint density at radius 3 is 2.48 bits per heavy atom. The molecule has 2 aromatic heterocycles. The van der Waals surface area contributed by atoms with Crippen molar-refractivity contribution in [2.24, 2.45) is 0 Å². The van der Waals surface area contributed by atoms with Gasteiger partial charge >= 0.3 is 0 Å². The van der Waals surface area contributed by atoms with E-state index in [-0.39, 0.29) is 11.5 Å². The van der Waals surface area contributed by atoms with Gasteiger partial charge in [-0.2, -0.15) is 0 Å². The quantitative estimate of drug-likeness (QED) is 0.254. The van der Waals surface area contributed by atoms with Crippen LogP contribution in [0.25, 0.3) is 17.1 Å². The normalized spacial score (nSPS) is 10.9. The van der Waals surface area contributed by atoms with Gasteiger partial charge in [-0.15, -0.1) is 10.2 Å². The number of ketones is 1. The Kier molecular flexibility index (Phi) is 6.55. The van der Waals surface area contributed by atoms with Crippen molar-refractivity contribution in [3.8, 4) is 28.6 Å². The Bertz CT molecular complexity index is 1310. The summed E-state index contributed by atoms with van der Waals surface area (Å²) in [4.78, 5) is 13.0. The minimum absolute atomic E-state index is 0.0128. The molecule has 0 bridgehead atoms. The number of hydrogen-bond donors (Lipinski definition) is 0. The van der Waals surface area contributed by atoms with Crippen LogP contribution in [0.3, 0.4) is 0 Å². The first-order chi connectivity index (χ1) is 15.9. The van der Waals surface area contributed by atoms with Crippen LogP contribution in [-0.4, -0.2) is 40.5 Å². The Morgan fingerprint density at radius 2 is 1.76 bits per heavy atom. The molecule has 8 heteroatoms. The van der Waals surface area contributed by atoms with Crippen molar-refractivity contribution in [3.05, 3.63) is 71.0 Å². The average molecular weight is 464 g/mol. The van der Waals surface area contributed by atoms with Crippen LogP contribution >= 0.6 is 11.8 Å². The third-order valence-corrected chi connectivity index (χ3v) is 6.27. The minimum Gasteiger partial charge on any atom is -0.493 e. The molecule has 0 saturated carbocycles. The van der Waals surface area contributed by atoms with Gasteiger partial charge in [0.05, 0.1) is 20.0 Å². The molecule has 0 saturated heterocycles. The number of carbonyl (C=O) groups is 1. The van der Waals surface area contributed by atoms with E-state index in [4.69, 9.17) is 13.9 Å². The molecule has 0 amide bonds. The number of carbonyl (C=O) groups excluding carboxylic acids is 1. The number of thioether (sulfide) groups is 1. The maximum Gasteiger partial charge on any atom is 0.277 e.